The van der Waals surface area contributed by atoms with Crippen molar-refractivity contribution in [3.05, 3.63) is 252 Å². The Morgan fingerprint density at radius 2 is 0.875 bits per heavy atom. The van der Waals surface area contributed by atoms with Crippen LogP contribution in [0.2, 0.25) is 0 Å². The fourth-order valence-electron chi connectivity index (χ4n) is 9.95. The Morgan fingerprint density at radius 3 is 1.52 bits per heavy atom. The third-order valence-electron chi connectivity index (χ3n) is 12.9. The monoisotopic (exact) mass is 822 g/mol. The molecule has 1 aliphatic carbocycles. The molecule has 308 valence electrons. The van der Waals surface area contributed by atoms with Gasteiger partial charge in [0.25, 0.3) is 0 Å². The van der Waals surface area contributed by atoms with E-state index in [0.717, 1.165) is 19.3 Å². The molecule has 2 heteroatoms. The maximum Gasteiger partial charge on any atom is -0.000717 e. The van der Waals surface area contributed by atoms with Crippen molar-refractivity contribution in [2.24, 2.45) is 11.7 Å². The van der Waals surface area contributed by atoms with E-state index in [0.29, 0.717) is 0 Å². The highest BCUT2D eigenvalue weighted by atomic mass is 15.0. The number of aryl methyl sites for hydroxylation is 3. The Kier molecular flexibility index (Phi) is 11.4. The van der Waals surface area contributed by atoms with Crippen molar-refractivity contribution < 1.29 is 0 Å². The molecule has 0 bridgehead atoms. The predicted molar refractivity (Wildman–Crippen MR) is 274 cm³/mol. The van der Waals surface area contributed by atoms with Crippen molar-refractivity contribution in [1.82, 2.24) is 0 Å². The summed E-state index contributed by atoms with van der Waals surface area (Å²) in [4.78, 5) is 0. The molecule has 0 saturated carbocycles. The van der Waals surface area contributed by atoms with E-state index in [-0.39, 0.29) is 0 Å². The number of hydrogen-bond donors (Lipinski definition) is 2. The molecule has 0 aliphatic heterocycles. The summed E-state index contributed by atoms with van der Waals surface area (Å²) < 4.78 is 0. The van der Waals surface area contributed by atoms with Gasteiger partial charge in [-0.15, -0.1) is 0 Å². The molecule has 0 radical (unpaired) electrons. The standard InChI is InChI=1S/C55H38.C7H8.H4N2/c1-2-15-37(16-3-1)39-20-12-14-36(30-39)28-29-38-19-13-21-42-33-53-52(51-32-41-18-5-7-23-45(41)47-25-9-11-27-49(47)51)34-43(35-54(53)55(38)42)50-31-40-17-4-6-22-44(40)46-24-8-10-26-48(46)50;1-7-5-3-2-4-6-7;1-2/h1-27,30-32,34-35H,28-29,33H2;2-6H,1H3;1-2H2. The smallest absolute Gasteiger partial charge is 0.000717 e. The summed E-state index contributed by atoms with van der Waals surface area (Å²) in [6.07, 6.45) is 2.90. The van der Waals surface area contributed by atoms with E-state index >= 15 is 0 Å². The van der Waals surface area contributed by atoms with E-state index in [2.05, 4.69) is 225 Å². The summed E-state index contributed by atoms with van der Waals surface area (Å²) in [5, 5.41) is 10.4. The number of nitrogens with two attached hydrogens (primary N) is 2. The molecular weight excluding hydrogens is 773 g/mol. The van der Waals surface area contributed by atoms with Crippen LogP contribution < -0.4 is 11.7 Å². The molecule has 0 aromatic heterocycles. The van der Waals surface area contributed by atoms with Crippen LogP contribution in [-0.4, -0.2) is 0 Å². The van der Waals surface area contributed by atoms with Crippen LogP contribution in [0, 0.1) is 6.92 Å². The molecule has 0 unspecified atom stereocenters. The van der Waals surface area contributed by atoms with Crippen molar-refractivity contribution in [3.63, 3.8) is 0 Å². The molecule has 1 aliphatic rings. The lowest BCUT2D eigenvalue weighted by Crippen LogP contribution is -2.02. The van der Waals surface area contributed by atoms with Crippen molar-refractivity contribution in [2.75, 3.05) is 0 Å². The van der Waals surface area contributed by atoms with Crippen molar-refractivity contribution in [3.8, 4) is 44.5 Å². The Hall–Kier alpha value is -7.62. The van der Waals surface area contributed by atoms with Gasteiger partial charge in [0.15, 0.2) is 0 Å². The average molecular weight is 823 g/mol. The van der Waals surface area contributed by atoms with Gasteiger partial charge in [0.1, 0.15) is 0 Å². The van der Waals surface area contributed by atoms with Crippen LogP contribution in [0.1, 0.15) is 27.8 Å². The highest BCUT2D eigenvalue weighted by molar-refractivity contribution is 6.16. The fraction of sp³-hybridized carbons (Fsp3) is 0.0645. The lowest BCUT2D eigenvalue weighted by molar-refractivity contribution is 0.961. The lowest BCUT2D eigenvalue weighted by Gasteiger charge is -2.18. The molecule has 0 fully saturated rings. The number of hydrazine groups is 1. The van der Waals surface area contributed by atoms with E-state index in [1.807, 2.05) is 18.2 Å². The maximum absolute atomic E-state index is 4.00. The predicted octanol–water partition coefficient (Wildman–Crippen LogP) is 15.5. The zero-order valence-corrected chi connectivity index (χ0v) is 36.1. The Morgan fingerprint density at radius 1 is 0.359 bits per heavy atom. The second-order valence-electron chi connectivity index (χ2n) is 16.8. The molecule has 12 rings (SSSR count). The molecule has 11 aromatic rings. The minimum atomic E-state index is 0.928. The first kappa shape index (κ1) is 40.5. The Bertz CT molecular complexity index is 3440. The summed E-state index contributed by atoms with van der Waals surface area (Å²) in [5.74, 6) is 8.00. The van der Waals surface area contributed by atoms with Gasteiger partial charge >= 0.3 is 0 Å². The van der Waals surface area contributed by atoms with E-state index in [1.165, 1.54) is 115 Å². The molecule has 11 aromatic carbocycles. The summed E-state index contributed by atoms with van der Waals surface area (Å²) in [6.45, 7) is 2.08. The summed E-state index contributed by atoms with van der Waals surface area (Å²) in [7, 11) is 0. The number of hydrogen-bond acceptors (Lipinski definition) is 2. The molecule has 0 spiro atoms. The van der Waals surface area contributed by atoms with Crippen molar-refractivity contribution in [1.29, 1.82) is 0 Å². The number of rotatable bonds is 6. The largest absolute Gasteiger partial charge is 0.274 e. The van der Waals surface area contributed by atoms with Gasteiger partial charge in [-0.2, -0.15) is 0 Å². The quantitative estimate of drug-likeness (QED) is 0.0997. The second-order valence-corrected chi connectivity index (χ2v) is 16.8. The number of benzene rings is 11. The topological polar surface area (TPSA) is 52.0 Å². The van der Waals surface area contributed by atoms with E-state index in [4.69, 9.17) is 0 Å². The van der Waals surface area contributed by atoms with E-state index in [1.54, 1.807) is 0 Å². The Balaban J connectivity index is 0.000000489. The summed E-state index contributed by atoms with van der Waals surface area (Å²) in [6, 6.07) is 82.6. The van der Waals surface area contributed by atoms with Gasteiger partial charge in [0.05, 0.1) is 0 Å². The minimum absolute atomic E-state index is 0.928. The van der Waals surface area contributed by atoms with Crippen molar-refractivity contribution in [2.45, 2.75) is 26.2 Å². The first-order valence-corrected chi connectivity index (χ1v) is 22.3. The first-order valence-electron chi connectivity index (χ1n) is 22.3. The van der Waals surface area contributed by atoms with Crippen LogP contribution in [-0.2, 0) is 19.3 Å². The Labute approximate surface area is 376 Å². The highest BCUT2D eigenvalue weighted by Gasteiger charge is 2.27. The van der Waals surface area contributed by atoms with Crippen molar-refractivity contribution >= 4 is 43.1 Å². The summed E-state index contributed by atoms with van der Waals surface area (Å²) >= 11 is 0. The average Bonchev–Trinajstić information content (AvgIpc) is 3.76. The highest BCUT2D eigenvalue weighted by Crippen LogP contribution is 2.49. The molecule has 0 amide bonds. The van der Waals surface area contributed by atoms with Gasteiger partial charge in [-0.25, -0.2) is 0 Å². The van der Waals surface area contributed by atoms with Gasteiger partial charge in [0.2, 0.25) is 0 Å². The van der Waals surface area contributed by atoms with Gasteiger partial charge in [0, 0.05) is 0 Å². The molecule has 0 saturated heterocycles. The first-order chi connectivity index (χ1) is 31.7. The van der Waals surface area contributed by atoms with Gasteiger partial charge in [-0.05, 0) is 160 Å². The lowest BCUT2D eigenvalue weighted by atomic mass is 9.85. The minimum Gasteiger partial charge on any atom is -0.274 e. The zero-order valence-electron chi connectivity index (χ0n) is 36.1. The molecule has 4 N–H and O–H groups in total. The second kappa shape index (κ2) is 18.0. The van der Waals surface area contributed by atoms with Crippen LogP contribution in [0.5, 0.6) is 0 Å². The SMILES string of the molecule is Cc1ccccc1.NN.c1ccc(-c2cccc(CCc3cccc4c3-c3cc(-c5cc6ccccc6c6ccccc56)cc(-c5cc6ccccc6c6ccccc56)c3C4)c2)cc1. The van der Waals surface area contributed by atoms with Gasteiger partial charge < -0.3 is 0 Å². The molecular formula is C62H50N2. The summed E-state index contributed by atoms with van der Waals surface area (Å²) in [5.41, 5.74) is 17.5. The van der Waals surface area contributed by atoms with Crippen LogP contribution >= 0.6 is 0 Å². The van der Waals surface area contributed by atoms with E-state index in [9.17, 15) is 0 Å². The zero-order chi connectivity index (χ0) is 43.4. The molecule has 64 heavy (non-hydrogen) atoms. The van der Waals surface area contributed by atoms with Crippen LogP contribution in [0.25, 0.3) is 87.6 Å². The normalized spacial score (nSPS) is 11.4. The third kappa shape index (κ3) is 7.75. The number of fused-ring (bicyclic) bond motifs is 9. The van der Waals surface area contributed by atoms with Crippen LogP contribution in [0.3, 0.4) is 0 Å². The van der Waals surface area contributed by atoms with Gasteiger partial charge in [-0.3, -0.25) is 11.7 Å². The van der Waals surface area contributed by atoms with Crippen LogP contribution in [0.15, 0.2) is 224 Å². The molecule has 2 nitrogen and oxygen atoms in total. The van der Waals surface area contributed by atoms with Crippen LogP contribution in [0.4, 0.5) is 0 Å². The van der Waals surface area contributed by atoms with Gasteiger partial charge in [-0.1, -0.05) is 206 Å². The van der Waals surface area contributed by atoms with E-state index < -0.39 is 0 Å². The molecule has 0 heterocycles. The maximum atomic E-state index is 4.00. The fourth-order valence-corrected chi connectivity index (χ4v) is 9.95. The third-order valence-corrected chi connectivity index (χ3v) is 12.9. The molecule has 0 atom stereocenters.